The van der Waals surface area contributed by atoms with Crippen LogP contribution in [0.4, 0.5) is 0 Å². The Balaban J connectivity index is 1.56. The van der Waals surface area contributed by atoms with Crippen LogP contribution in [0.3, 0.4) is 0 Å². The zero-order valence-electron chi connectivity index (χ0n) is 21.7. The molecule has 2 aromatic rings. The number of carbonyl (C=O) groups is 3. The molecule has 1 heterocycles. The summed E-state index contributed by atoms with van der Waals surface area (Å²) in [5.74, 6) is -0.181. The Morgan fingerprint density at radius 1 is 1.08 bits per heavy atom. The number of morpholine rings is 1. The molecule has 10 heteroatoms. The quantitative estimate of drug-likeness (QED) is 0.374. The predicted octanol–water partition coefficient (Wildman–Crippen LogP) is 2.15. The lowest BCUT2D eigenvalue weighted by Gasteiger charge is -2.26. The zero-order chi connectivity index (χ0) is 26.8. The van der Waals surface area contributed by atoms with Gasteiger partial charge in [0.05, 0.1) is 26.5 Å². The Hall–Kier alpha value is -3.92. The van der Waals surface area contributed by atoms with Gasteiger partial charge in [-0.15, -0.1) is 0 Å². The summed E-state index contributed by atoms with van der Waals surface area (Å²) in [6.07, 6.45) is 1.46. The highest BCUT2D eigenvalue weighted by Gasteiger charge is 2.24. The molecule has 1 aliphatic rings. The van der Waals surface area contributed by atoms with E-state index in [9.17, 15) is 14.4 Å². The first-order chi connectivity index (χ1) is 17.8. The molecule has 1 saturated heterocycles. The minimum absolute atomic E-state index is 0.106. The van der Waals surface area contributed by atoms with E-state index in [0.717, 1.165) is 5.56 Å². The second-order valence-corrected chi connectivity index (χ2v) is 8.99. The number of nitrogens with one attached hydrogen (secondary N) is 2. The standard InChI is InChI=1S/C27H34N4O6/c1-18(2)25(29-26(33)21-8-5-19(3)6-9-21)27(34)30-28-16-20-7-10-22(23(15-20)35-4)37-17-24(32)31-11-13-36-14-12-31/h5-10,15-16,18,25H,11-14,17H2,1-4H3,(H,29,33)(H,30,34). The molecule has 2 N–H and O–H groups in total. The van der Waals surface area contributed by atoms with Crippen LogP contribution in [0.25, 0.3) is 0 Å². The van der Waals surface area contributed by atoms with Gasteiger partial charge in [-0.1, -0.05) is 31.5 Å². The molecular weight excluding hydrogens is 476 g/mol. The van der Waals surface area contributed by atoms with Crippen molar-refractivity contribution < 1.29 is 28.6 Å². The number of hydrazone groups is 1. The van der Waals surface area contributed by atoms with Crippen molar-refractivity contribution in [2.24, 2.45) is 11.0 Å². The number of rotatable bonds is 10. The molecule has 0 radical (unpaired) electrons. The van der Waals surface area contributed by atoms with E-state index in [-0.39, 0.29) is 24.3 Å². The third-order valence-electron chi connectivity index (χ3n) is 5.84. The molecule has 3 amide bonds. The van der Waals surface area contributed by atoms with Crippen molar-refractivity contribution in [1.82, 2.24) is 15.6 Å². The van der Waals surface area contributed by atoms with Gasteiger partial charge in [-0.2, -0.15) is 5.10 Å². The molecule has 37 heavy (non-hydrogen) atoms. The molecule has 0 bridgehead atoms. The Kier molecular flexibility index (Phi) is 10.0. The molecule has 0 saturated carbocycles. The highest BCUT2D eigenvalue weighted by molar-refractivity contribution is 5.97. The normalized spacial score (nSPS) is 14.4. The van der Waals surface area contributed by atoms with Crippen molar-refractivity contribution >= 4 is 23.9 Å². The Morgan fingerprint density at radius 3 is 2.43 bits per heavy atom. The summed E-state index contributed by atoms with van der Waals surface area (Å²) in [7, 11) is 1.50. The topological polar surface area (TPSA) is 119 Å². The molecule has 0 aliphatic carbocycles. The van der Waals surface area contributed by atoms with Gasteiger partial charge in [-0.25, -0.2) is 5.43 Å². The average Bonchev–Trinajstić information content (AvgIpc) is 2.91. The van der Waals surface area contributed by atoms with Crippen molar-refractivity contribution in [1.29, 1.82) is 0 Å². The maximum absolute atomic E-state index is 12.7. The van der Waals surface area contributed by atoms with E-state index >= 15 is 0 Å². The SMILES string of the molecule is COc1cc(C=NNC(=O)C(NC(=O)c2ccc(C)cc2)C(C)C)ccc1OCC(=O)N1CCOCC1. The first-order valence-corrected chi connectivity index (χ1v) is 12.1. The Labute approximate surface area is 217 Å². The van der Waals surface area contributed by atoms with E-state index in [1.54, 1.807) is 35.2 Å². The van der Waals surface area contributed by atoms with Crippen LogP contribution in [0.15, 0.2) is 47.6 Å². The van der Waals surface area contributed by atoms with Gasteiger partial charge in [-0.05, 0) is 48.7 Å². The molecule has 1 atom stereocenters. The van der Waals surface area contributed by atoms with E-state index in [2.05, 4.69) is 15.8 Å². The molecule has 1 unspecified atom stereocenters. The van der Waals surface area contributed by atoms with Crippen LogP contribution >= 0.6 is 0 Å². The fraction of sp³-hybridized carbons (Fsp3) is 0.407. The lowest BCUT2D eigenvalue weighted by Crippen LogP contribution is -2.48. The summed E-state index contributed by atoms with van der Waals surface area (Å²) in [5, 5.41) is 6.81. The van der Waals surface area contributed by atoms with E-state index in [1.165, 1.54) is 13.3 Å². The van der Waals surface area contributed by atoms with Gasteiger partial charge >= 0.3 is 0 Å². The molecular formula is C27H34N4O6. The Bertz CT molecular complexity index is 1110. The van der Waals surface area contributed by atoms with Crippen molar-refractivity contribution in [2.75, 3.05) is 40.0 Å². The van der Waals surface area contributed by atoms with Gasteiger partial charge in [0.2, 0.25) is 0 Å². The number of methoxy groups -OCH3 is 1. The number of amides is 3. The fourth-order valence-electron chi connectivity index (χ4n) is 3.63. The van der Waals surface area contributed by atoms with E-state index in [1.807, 2.05) is 32.9 Å². The number of ether oxygens (including phenoxy) is 3. The third-order valence-corrected chi connectivity index (χ3v) is 5.84. The first-order valence-electron chi connectivity index (χ1n) is 12.1. The van der Waals surface area contributed by atoms with Gasteiger partial charge in [0.1, 0.15) is 6.04 Å². The number of benzene rings is 2. The van der Waals surface area contributed by atoms with E-state index in [4.69, 9.17) is 14.2 Å². The summed E-state index contributed by atoms with van der Waals surface area (Å²) < 4.78 is 16.3. The van der Waals surface area contributed by atoms with Crippen LogP contribution in [0.5, 0.6) is 11.5 Å². The summed E-state index contributed by atoms with van der Waals surface area (Å²) in [6.45, 7) is 7.67. The van der Waals surface area contributed by atoms with Crippen LogP contribution in [0.2, 0.25) is 0 Å². The van der Waals surface area contributed by atoms with Crippen LogP contribution in [-0.4, -0.2) is 74.9 Å². The molecule has 3 rings (SSSR count). The second kappa shape index (κ2) is 13.4. The van der Waals surface area contributed by atoms with Crippen LogP contribution in [-0.2, 0) is 14.3 Å². The molecule has 198 valence electrons. The van der Waals surface area contributed by atoms with Gasteiger partial charge in [-0.3, -0.25) is 14.4 Å². The van der Waals surface area contributed by atoms with Crippen LogP contribution in [0, 0.1) is 12.8 Å². The monoisotopic (exact) mass is 510 g/mol. The lowest BCUT2D eigenvalue weighted by atomic mass is 10.0. The maximum atomic E-state index is 12.7. The molecule has 1 aliphatic heterocycles. The number of nitrogens with zero attached hydrogens (tertiary/aromatic N) is 2. The zero-order valence-corrected chi connectivity index (χ0v) is 21.7. The average molecular weight is 511 g/mol. The minimum Gasteiger partial charge on any atom is -0.493 e. The van der Waals surface area contributed by atoms with Gasteiger partial charge in [0, 0.05) is 18.7 Å². The minimum atomic E-state index is -0.764. The summed E-state index contributed by atoms with van der Waals surface area (Å²) in [6, 6.07) is 11.4. The number of carbonyl (C=O) groups excluding carboxylic acids is 3. The smallest absolute Gasteiger partial charge is 0.262 e. The van der Waals surface area contributed by atoms with Gasteiger partial charge in [0.15, 0.2) is 18.1 Å². The van der Waals surface area contributed by atoms with Crippen molar-refractivity contribution in [3.8, 4) is 11.5 Å². The van der Waals surface area contributed by atoms with Crippen molar-refractivity contribution in [3.05, 3.63) is 59.2 Å². The molecule has 0 aromatic heterocycles. The Morgan fingerprint density at radius 2 is 1.78 bits per heavy atom. The highest BCUT2D eigenvalue weighted by Crippen LogP contribution is 2.27. The van der Waals surface area contributed by atoms with Crippen LogP contribution < -0.4 is 20.2 Å². The van der Waals surface area contributed by atoms with Crippen LogP contribution in [0.1, 0.15) is 35.3 Å². The number of aryl methyl sites for hydroxylation is 1. The molecule has 10 nitrogen and oxygen atoms in total. The predicted molar refractivity (Wildman–Crippen MR) is 139 cm³/mol. The number of hydrogen-bond donors (Lipinski definition) is 2. The molecule has 0 spiro atoms. The van der Waals surface area contributed by atoms with Crippen molar-refractivity contribution in [3.63, 3.8) is 0 Å². The summed E-state index contributed by atoms with van der Waals surface area (Å²) in [4.78, 5) is 39.3. The second-order valence-electron chi connectivity index (χ2n) is 8.99. The molecule has 1 fully saturated rings. The van der Waals surface area contributed by atoms with Crippen molar-refractivity contribution in [2.45, 2.75) is 26.8 Å². The summed E-state index contributed by atoms with van der Waals surface area (Å²) in [5.41, 5.74) is 4.66. The molecule has 2 aromatic carbocycles. The maximum Gasteiger partial charge on any atom is 0.262 e. The van der Waals surface area contributed by atoms with Gasteiger partial charge in [0.25, 0.3) is 17.7 Å². The number of hydrogen-bond acceptors (Lipinski definition) is 7. The van der Waals surface area contributed by atoms with E-state index < -0.39 is 11.9 Å². The first kappa shape index (κ1) is 27.7. The van der Waals surface area contributed by atoms with Gasteiger partial charge < -0.3 is 24.4 Å². The fourth-order valence-corrected chi connectivity index (χ4v) is 3.63. The van der Waals surface area contributed by atoms with E-state index in [0.29, 0.717) is 48.9 Å². The highest BCUT2D eigenvalue weighted by atomic mass is 16.5. The lowest BCUT2D eigenvalue weighted by molar-refractivity contribution is -0.137. The third kappa shape index (κ3) is 8.04. The summed E-state index contributed by atoms with van der Waals surface area (Å²) >= 11 is 0. The largest absolute Gasteiger partial charge is 0.493 e.